The van der Waals surface area contributed by atoms with E-state index in [1.807, 2.05) is 0 Å². The van der Waals surface area contributed by atoms with Crippen LogP contribution in [0.4, 0.5) is 0 Å². The first-order valence-corrected chi connectivity index (χ1v) is 7.28. The van der Waals surface area contributed by atoms with Crippen molar-refractivity contribution < 1.29 is 9.90 Å². The summed E-state index contributed by atoms with van der Waals surface area (Å²) >= 11 is 0. The van der Waals surface area contributed by atoms with E-state index in [1.54, 1.807) is 25.1 Å². The van der Waals surface area contributed by atoms with Crippen molar-refractivity contribution in [2.24, 2.45) is 11.7 Å². The molecule has 0 bridgehead atoms. The van der Waals surface area contributed by atoms with E-state index in [0.717, 1.165) is 25.7 Å². The normalized spacial score (nSPS) is 26.2. The van der Waals surface area contributed by atoms with E-state index in [4.69, 9.17) is 5.73 Å². The van der Waals surface area contributed by atoms with Crippen molar-refractivity contribution in [3.63, 3.8) is 0 Å². The minimum atomic E-state index is -0.268. The van der Waals surface area contributed by atoms with Crippen LogP contribution in [0, 0.1) is 12.8 Å². The lowest BCUT2D eigenvalue weighted by molar-refractivity contribution is 0.0860. The first-order chi connectivity index (χ1) is 9.46. The maximum absolute atomic E-state index is 12.4. The lowest BCUT2D eigenvalue weighted by atomic mass is 9.77. The van der Waals surface area contributed by atoms with Gasteiger partial charge in [0, 0.05) is 12.1 Å². The summed E-state index contributed by atoms with van der Waals surface area (Å²) in [4.78, 5) is 12.4. The minimum absolute atomic E-state index is 0.104. The van der Waals surface area contributed by atoms with E-state index < -0.39 is 0 Å². The second-order valence-corrected chi connectivity index (χ2v) is 6.12. The van der Waals surface area contributed by atoms with Gasteiger partial charge in [0.05, 0.1) is 5.54 Å². The molecule has 0 aliphatic heterocycles. The van der Waals surface area contributed by atoms with Gasteiger partial charge in [-0.2, -0.15) is 0 Å². The topological polar surface area (TPSA) is 75.4 Å². The second-order valence-electron chi connectivity index (χ2n) is 6.12. The molecule has 0 aromatic heterocycles. The number of benzene rings is 1. The molecule has 4 nitrogen and oxygen atoms in total. The summed E-state index contributed by atoms with van der Waals surface area (Å²) in [6.07, 6.45) is 4.08. The average Bonchev–Trinajstić information content (AvgIpc) is 2.44. The largest absolute Gasteiger partial charge is 0.508 e. The second kappa shape index (κ2) is 5.83. The lowest BCUT2D eigenvalue weighted by Gasteiger charge is -2.39. The Hall–Kier alpha value is -1.55. The van der Waals surface area contributed by atoms with Crippen LogP contribution < -0.4 is 11.1 Å². The molecular weight excluding hydrogens is 252 g/mol. The summed E-state index contributed by atoms with van der Waals surface area (Å²) in [5, 5.41) is 12.6. The fourth-order valence-electron chi connectivity index (χ4n) is 2.80. The molecule has 1 aliphatic rings. The zero-order valence-electron chi connectivity index (χ0n) is 12.3. The van der Waals surface area contributed by atoms with Crippen LogP contribution in [-0.2, 0) is 0 Å². The van der Waals surface area contributed by atoms with Crippen molar-refractivity contribution in [3.05, 3.63) is 29.3 Å². The molecule has 0 radical (unpaired) electrons. The molecule has 1 fully saturated rings. The van der Waals surface area contributed by atoms with Gasteiger partial charge in [-0.15, -0.1) is 0 Å². The smallest absolute Gasteiger partial charge is 0.251 e. The molecule has 1 aromatic carbocycles. The average molecular weight is 276 g/mol. The van der Waals surface area contributed by atoms with Crippen LogP contribution in [0.3, 0.4) is 0 Å². The van der Waals surface area contributed by atoms with Gasteiger partial charge in [-0.25, -0.2) is 0 Å². The molecule has 110 valence electrons. The summed E-state index contributed by atoms with van der Waals surface area (Å²) in [6, 6.07) is 4.91. The van der Waals surface area contributed by atoms with Crippen LogP contribution in [0.1, 0.15) is 48.5 Å². The number of aryl methyl sites for hydroxylation is 1. The number of nitrogens with two attached hydrogens (primary N) is 1. The highest BCUT2D eigenvalue weighted by atomic mass is 16.3. The Morgan fingerprint density at radius 1 is 1.45 bits per heavy atom. The Morgan fingerprint density at radius 3 is 2.65 bits per heavy atom. The van der Waals surface area contributed by atoms with Crippen LogP contribution in [-0.4, -0.2) is 23.1 Å². The van der Waals surface area contributed by atoms with Crippen molar-refractivity contribution in [2.75, 3.05) is 6.54 Å². The van der Waals surface area contributed by atoms with Gasteiger partial charge in [0.1, 0.15) is 5.75 Å². The molecule has 0 unspecified atom stereocenters. The molecule has 0 spiro atoms. The zero-order chi connectivity index (χ0) is 14.8. The van der Waals surface area contributed by atoms with Crippen LogP contribution in [0.25, 0.3) is 0 Å². The maximum atomic E-state index is 12.4. The maximum Gasteiger partial charge on any atom is 0.251 e. The third-order valence-corrected chi connectivity index (χ3v) is 4.46. The Balaban J connectivity index is 2.11. The number of nitrogens with one attached hydrogen (secondary N) is 1. The van der Waals surface area contributed by atoms with Crippen LogP contribution in [0.5, 0.6) is 5.75 Å². The van der Waals surface area contributed by atoms with Crippen molar-refractivity contribution in [3.8, 4) is 5.75 Å². The van der Waals surface area contributed by atoms with Crippen molar-refractivity contribution in [1.29, 1.82) is 0 Å². The molecule has 0 heterocycles. The van der Waals surface area contributed by atoms with Crippen molar-refractivity contribution >= 4 is 5.91 Å². The number of hydrogen-bond donors (Lipinski definition) is 3. The first kappa shape index (κ1) is 14.9. The van der Waals surface area contributed by atoms with Crippen molar-refractivity contribution in [1.82, 2.24) is 5.32 Å². The van der Waals surface area contributed by atoms with Gasteiger partial charge >= 0.3 is 0 Å². The summed E-state index contributed by atoms with van der Waals surface area (Å²) < 4.78 is 0. The monoisotopic (exact) mass is 276 g/mol. The number of amides is 1. The van der Waals surface area contributed by atoms with Gasteiger partial charge in [-0.05, 0) is 62.3 Å². The molecule has 20 heavy (non-hydrogen) atoms. The van der Waals surface area contributed by atoms with E-state index in [2.05, 4.69) is 12.2 Å². The fourth-order valence-corrected chi connectivity index (χ4v) is 2.80. The van der Waals surface area contributed by atoms with Gasteiger partial charge < -0.3 is 16.2 Å². The highest BCUT2D eigenvalue weighted by Crippen LogP contribution is 2.31. The molecule has 4 N–H and O–H groups in total. The minimum Gasteiger partial charge on any atom is -0.508 e. The third kappa shape index (κ3) is 3.12. The highest BCUT2D eigenvalue weighted by Gasteiger charge is 2.34. The van der Waals surface area contributed by atoms with Crippen LogP contribution in [0.2, 0.25) is 0 Å². The molecule has 2 rings (SSSR count). The molecule has 1 aromatic rings. The number of carbonyl (C=O) groups is 1. The van der Waals surface area contributed by atoms with E-state index in [1.165, 1.54) is 0 Å². The molecular formula is C16H24N2O2. The predicted molar refractivity (Wildman–Crippen MR) is 79.7 cm³/mol. The molecule has 1 amide bonds. The highest BCUT2D eigenvalue weighted by molar-refractivity contribution is 5.95. The molecule has 0 atom stereocenters. The first-order valence-electron chi connectivity index (χ1n) is 7.28. The van der Waals surface area contributed by atoms with Crippen molar-refractivity contribution in [2.45, 2.75) is 45.1 Å². The molecule has 1 saturated carbocycles. The molecule has 0 saturated heterocycles. The number of rotatable bonds is 3. The van der Waals surface area contributed by atoms with E-state index in [9.17, 15) is 9.90 Å². The summed E-state index contributed by atoms with van der Waals surface area (Å²) in [5.74, 6) is 0.817. The number of aromatic hydroxyl groups is 1. The standard InChI is InChI=1S/C16H24N2O2/c1-11-5-7-16(10-17,8-6-11)18-15(20)13-3-4-14(19)12(2)9-13/h3-4,9,11,19H,5-8,10,17H2,1-2H3,(H,18,20). The third-order valence-electron chi connectivity index (χ3n) is 4.46. The molecule has 4 heteroatoms. The Bertz CT molecular complexity index is 491. The summed E-state index contributed by atoms with van der Waals surface area (Å²) in [6.45, 7) is 4.50. The number of phenols is 1. The zero-order valence-corrected chi connectivity index (χ0v) is 12.3. The Labute approximate surface area is 120 Å². The quantitative estimate of drug-likeness (QED) is 0.793. The molecule has 1 aliphatic carbocycles. The van der Waals surface area contributed by atoms with Gasteiger partial charge in [0.25, 0.3) is 5.91 Å². The SMILES string of the molecule is Cc1cc(C(=O)NC2(CN)CCC(C)CC2)ccc1O. The number of hydrogen-bond acceptors (Lipinski definition) is 3. The summed E-state index contributed by atoms with van der Waals surface area (Å²) in [7, 11) is 0. The van der Waals surface area contributed by atoms with E-state index in [0.29, 0.717) is 23.6 Å². The summed E-state index contributed by atoms with van der Waals surface area (Å²) in [5.41, 5.74) is 6.92. The van der Waals surface area contributed by atoms with E-state index in [-0.39, 0.29) is 17.2 Å². The Morgan fingerprint density at radius 2 is 2.10 bits per heavy atom. The number of carbonyl (C=O) groups excluding carboxylic acids is 1. The Kier molecular flexibility index (Phi) is 4.33. The predicted octanol–water partition coefficient (Wildman–Crippen LogP) is 2.34. The number of phenolic OH excluding ortho intramolecular Hbond substituents is 1. The van der Waals surface area contributed by atoms with Crippen LogP contribution in [0.15, 0.2) is 18.2 Å². The van der Waals surface area contributed by atoms with Gasteiger partial charge in [0.2, 0.25) is 0 Å². The van der Waals surface area contributed by atoms with Gasteiger partial charge in [-0.1, -0.05) is 6.92 Å². The van der Waals surface area contributed by atoms with Gasteiger partial charge in [0.15, 0.2) is 0 Å². The van der Waals surface area contributed by atoms with Gasteiger partial charge in [-0.3, -0.25) is 4.79 Å². The lowest BCUT2D eigenvalue weighted by Crippen LogP contribution is -2.55. The van der Waals surface area contributed by atoms with Crippen LogP contribution >= 0.6 is 0 Å². The van der Waals surface area contributed by atoms with E-state index >= 15 is 0 Å². The fraction of sp³-hybridized carbons (Fsp3) is 0.562.